The number of carboxylic acids is 2. The molecule has 2 aromatic carbocycles. The van der Waals surface area contributed by atoms with Gasteiger partial charge in [-0.25, -0.2) is 5.01 Å². The van der Waals surface area contributed by atoms with E-state index in [1.807, 2.05) is 6.07 Å². The number of carbonyl (C=O) groups is 4. The van der Waals surface area contributed by atoms with Crippen LogP contribution in [0.3, 0.4) is 0 Å². The van der Waals surface area contributed by atoms with Crippen molar-refractivity contribution in [1.29, 1.82) is 0 Å². The van der Waals surface area contributed by atoms with Crippen molar-refractivity contribution in [2.24, 2.45) is 0 Å². The summed E-state index contributed by atoms with van der Waals surface area (Å²) in [5.74, 6) is -2.97. The van der Waals surface area contributed by atoms with Crippen LogP contribution in [0.4, 0.5) is 0 Å². The second-order valence-electron chi connectivity index (χ2n) is 6.69. The number of carbonyl (C=O) groups excluding carboxylic acids is 2. The summed E-state index contributed by atoms with van der Waals surface area (Å²) in [5.41, 5.74) is 1.85. The maximum absolute atomic E-state index is 12.7. The predicted molar refractivity (Wildman–Crippen MR) is 111 cm³/mol. The number of nitrogens with one attached hydrogen (secondary N) is 1. The van der Waals surface area contributed by atoms with Gasteiger partial charge >= 0.3 is 5.97 Å². The molecule has 0 saturated carbocycles. The Hall–Kier alpha value is -3.52. The zero-order valence-corrected chi connectivity index (χ0v) is 17.4. The highest BCUT2D eigenvalue weighted by Crippen LogP contribution is 2.30. The molecule has 1 unspecified atom stereocenters. The molecule has 0 aromatic heterocycles. The van der Waals surface area contributed by atoms with Gasteiger partial charge in [-0.2, -0.15) is 0 Å². The summed E-state index contributed by atoms with van der Waals surface area (Å²) in [6.07, 6.45) is 0.0466. The highest BCUT2D eigenvalue weighted by Gasteiger charge is 2.46. The number of hydrogen-bond acceptors (Lipinski definition) is 5. The highest BCUT2D eigenvalue weighted by molar-refractivity contribution is 6.11. The van der Waals surface area contributed by atoms with Gasteiger partial charge in [-0.1, -0.05) is 55.5 Å². The Labute approximate surface area is 175 Å². The molecule has 0 spiro atoms. The van der Waals surface area contributed by atoms with Gasteiger partial charge in [0.1, 0.15) is 0 Å². The Morgan fingerprint density at radius 1 is 0.933 bits per heavy atom. The van der Waals surface area contributed by atoms with Crippen molar-refractivity contribution < 1.29 is 29.4 Å². The molecule has 3 N–H and O–H groups in total. The topological polar surface area (TPSA) is 124 Å². The van der Waals surface area contributed by atoms with Crippen LogP contribution in [0, 0.1) is 0 Å². The Kier molecular flexibility index (Phi) is 8.88. The first kappa shape index (κ1) is 24.5. The lowest BCUT2D eigenvalue weighted by Gasteiger charge is -2.29. The van der Waals surface area contributed by atoms with Crippen molar-refractivity contribution in [2.45, 2.75) is 25.7 Å². The van der Waals surface area contributed by atoms with Gasteiger partial charge in [0.2, 0.25) is 0 Å². The molecule has 0 saturated heterocycles. The minimum atomic E-state index is -1.78. The first-order chi connectivity index (χ1) is 14.1. The summed E-state index contributed by atoms with van der Waals surface area (Å²) in [6, 6.07) is 15.0. The molecular weight excluding hydrogens is 388 g/mol. The summed E-state index contributed by atoms with van der Waals surface area (Å²) < 4.78 is 0. The van der Waals surface area contributed by atoms with E-state index in [1.165, 1.54) is 11.1 Å². The van der Waals surface area contributed by atoms with E-state index in [2.05, 4.69) is 5.43 Å². The van der Waals surface area contributed by atoms with Crippen LogP contribution in [0.1, 0.15) is 41.8 Å². The van der Waals surface area contributed by atoms with Crippen LogP contribution in [0.5, 0.6) is 0 Å². The van der Waals surface area contributed by atoms with E-state index in [0.29, 0.717) is 11.1 Å². The molecule has 2 aromatic rings. The number of nitrogens with zero attached hydrogens (tertiary/aromatic N) is 1. The lowest BCUT2D eigenvalue weighted by atomic mass is 9.76. The van der Waals surface area contributed by atoms with E-state index in [1.54, 1.807) is 63.5 Å². The van der Waals surface area contributed by atoms with Gasteiger partial charge in [0.15, 0.2) is 11.2 Å². The van der Waals surface area contributed by atoms with Crippen LogP contribution >= 0.6 is 0 Å². The van der Waals surface area contributed by atoms with E-state index < -0.39 is 23.3 Å². The van der Waals surface area contributed by atoms with E-state index in [9.17, 15) is 19.5 Å². The van der Waals surface area contributed by atoms with E-state index in [-0.39, 0.29) is 17.8 Å². The normalized spacial score (nSPS) is 12.2. The lowest BCUT2D eigenvalue weighted by molar-refractivity contribution is -0.151. The largest absolute Gasteiger partial charge is 0.481 e. The molecule has 30 heavy (non-hydrogen) atoms. The van der Waals surface area contributed by atoms with Gasteiger partial charge in [-0.3, -0.25) is 24.6 Å². The van der Waals surface area contributed by atoms with Crippen molar-refractivity contribution in [1.82, 2.24) is 10.4 Å². The molecule has 8 nitrogen and oxygen atoms in total. The van der Waals surface area contributed by atoms with Crippen molar-refractivity contribution >= 4 is 23.6 Å². The maximum atomic E-state index is 12.7. The predicted octanol–water partition coefficient (Wildman–Crippen LogP) is 2.33. The molecule has 1 atom stereocenters. The molecule has 0 aliphatic heterocycles. The van der Waals surface area contributed by atoms with Crippen molar-refractivity contribution in [3.63, 3.8) is 0 Å². The number of benzene rings is 2. The molecule has 1 amide bonds. The summed E-state index contributed by atoms with van der Waals surface area (Å²) in [4.78, 5) is 46.4. The fourth-order valence-electron chi connectivity index (χ4n) is 2.85. The average Bonchev–Trinajstić information content (AvgIpc) is 2.68. The zero-order chi connectivity index (χ0) is 22.9. The Bertz CT molecular complexity index is 907. The van der Waals surface area contributed by atoms with Crippen LogP contribution in [-0.2, 0) is 19.8 Å². The smallest absolute Gasteiger partial charge is 0.323 e. The van der Waals surface area contributed by atoms with Gasteiger partial charge in [0, 0.05) is 32.1 Å². The van der Waals surface area contributed by atoms with Crippen LogP contribution < -0.4 is 5.43 Å². The monoisotopic (exact) mass is 414 g/mol. The third-order valence-electron chi connectivity index (χ3n) is 4.26. The van der Waals surface area contributed by atoms with Crippen LogP contribution in [0.15, 0.2) is 54.6 Å². The SMILES string of the molecule is CC(=O)O.CCC(C(=O)O)(C(=O)NN(C)C)c1cccc(C(=O)c2ccccc2)c1. The molecule has 2 rings (SSSR count). The van der Waals surface area contributed by atoms with Crippen molar-refractivity contribution in [3.05, 3.63) is 71.3 Å². The summed E-state index contributed by atoms with van der Waals surface area (Å²) in [6.45, 7) is 2.72. The third-order valence-corrected chi connectivity index (χ3v) is 4.26. The third kappa shape index (κ3) is 5.99. The minimum absolute atomic E-state index is 0.0466. The number of aliphatic carboxylic acids is 2. The molecule has 0 radical (unpaired) electrons. The quantitative estimate of drug-likeness (QED) is 0.361. The van der Waals surface area contributed by atoms with Gasteiger partial charge < -0.3 is 10.2 Å². The fourth-order valence-corrected chi connectivity index (χ4v) is 2.85. The molecule has 8 heteroatoms. The maximum Gasteiger partial charge on any atom is 0.323 e. The molecule has 0 aliphatic rings. The Morgan fingerprint density at radius 2 is 1.47 bits per heavy atom. The number of hydrogen-bond donors (Lipinski definition) is 3. The van der Waals surface area contributed by atoms with E-state index >= 15 is 0 Å². The standard InChI is InChI=1S/C20H22N2O4.C2H4O2/c1-4-20(19(25)26,18(24)21-22(2)3)16-12-8-11-15(13-16)17(23)14-9-6-5-7-10-14;1-2(3)4/h5-13H,4H2,1-3H3,(H,21,24)(H,25,26);1H3,(H,3,4). The average molecular weight is 414 g/mol. The van der Waals surface area contributed by atoms with Crippen molar-refractivity contribution in [3.8, 4) is 0 Å². The minimum Gasteiger partial charge on any atom is -0.481 e. The number of carboxylic acid groups (broad SMARTS) is 2. The van der Waals surface area contributed by atoms with Crippen LogP contribution in [0.2, 0.25) is 0 Å². The van der Waals surface area contributed by atoms with Crippen LogP contribution in [0.25, 0.3) is 0 Å². The number of amides is 1. The lowest BCUT2D eigenvalue weighted by Crippen LogP contribution is -2.53. The second kappa shape index (κ2) is 10.9. The molecule has 0 fully saturated rings. The van der Waals surface area contributed by atoms with Gasteiger partial charge in [-0.05, 0) is 18.1 Å². The first-order valence-electron chi connectivity index (χ1n) is 9.17. The molecule has 0 bridgehead atoms. The van der Waals surface area contributed by atoms with Gasteiger partial charge in [-0.15, -0.1) is 0 Å². The Morgan fingerprint density at radius 3 is 1.93 bits per heavy atom. The molecule has 0 heterocycles. The van der Waals surface area contributed by atoms with Crippen molar-refractivity contribution in [2.75, 3.05) is 14.1 Å². The molecule has 0 aliphatic carbocycles. The summed E-state index contributed by atoms with van der Waals surface area (Å²) >= 11 is 0. The zero-order valence-electron chi connectivity index (χ0n) is 17.4. The highest BCUT2D eigenvalue weighted by atomic mass is 16.4. The molecular formula is C22H26N2O6. The molecule has 160 valence electrons. The van der Waals surface area contributed by atoms with Gasteiger partial charge in [0.25, 0.3) is 11.9 Å². The van der Waals surface area contributed by atoms with E-state index in [4.69, 9.17) is 9.90 Å². The number of hydrazine groups is 1. The first-order valence-corrected chi connectivity index (χ1v) is 9.17. The number of rotatable bonds is 7. The fraction of sp³-hybridized carbons (Fsp3) is 0.273. The summed E-state index contributed by atoms with van der Waals surface area (Å²) in [5, 5.41) is 18.7. The van der Waals surface area contributed by atoms with Gasteiger partial charge in [0.05, 0.1) is 0 Å². The Balaban J connectivity index is 0.00000103. The number of ketones is 1. The van der Waals surface area contributed by atoms with Crippen LogP contribution in [-0.4, -0.2) is 52.9 Å². The summed E-state index contributed by atoms with van der Waals surface area (Å²) in [7, 11) is 3.21. The second-order valence-corrected chi connectivity index (χ2v) is 6.69. The van der Waals surface area contributed by atoms with E-state index in [0.717, 1.165) is 6.92 Å².